The molecule has 2 unspecified atom stereocenters. The molecule has 0 spiro atoms. The van der Waals surface area contributed by atoms with Gasteiger partial charge < -0.3 is 14.6 Å². The van der Waals surface area contributed by atoms with Crippen LogP contribution in [0.5, 0.6) is 5.75 Å². The Bertz CT molecular complexity index is 2150. The molecule has 6 rings (SSSR count). The van der Waals surface area contributed by atoms with Gasteiger partial charge in [-0.05, 0) is 98.8 Å². The monoisotopic (exact) mass is 611 g/mol. The van der Waals surface area contributed by atoms with E-state index in [2.05, 4.69) is 5.87 Å². The molecule has 0 radical (unpaired) electrons. The van der Waals surface area contributed by atoms with Gasteiger partial charge in [0.1, 0.15) is 5.75 Å². The zero-order valence-electron chi connectivity index (χ0n) is 24.9. The van der Waals surface area contributed by atoms with Gasteiger partial charge in [-0.1, -0.05) is 6.07 Å². The second kappa shape index (κ2) is 10.6. The molecule has 10 heteroatoms. The van der Waals surface area contributed by atoms with E-state index in [-0.39, 0.29) is 5.56 Å². The van der Waals surface area contributed by atoms with Crippen LogP contribution in [0, 0.1) is 6.92 Å². The maximum Gasteiger partial charge on any atom is 0.337 e. The Morgan fingerprint density at radius 1 is 1.16 bits per heavy atom. The highest BCUT2D eigenvalue weighted by Gasteiger charge is 2.33. The van der Waals surface area contributed by atoms with E-state index in [4.69, 9.17) is 19.6 Å². The molecule has 0 bridgehead atoms. The lowest BCUT2D eigenvalue weighted by molar-refractivity contribution is -0.160. The molecule has 0 saturated heterocycles. The number of carboxylic acids is 1. The van der Waals surface area contributed by atoms with Gasteiger partial charge in [0.05, 0.1) is 38.6 Å². The zero-order chi connectivity index (χ0) is 31.6. The maximum atomic E-state index is 13.5. The molecule has 1 aliphatic rings. The van der Waals surface area contributed by atoms with Crippen LogP contribution in [0.4, 0.5) is 0 Å². The summed E-state index contributed by atoms with van der Waals surface area (Å²) in [4.78, 5) is 31.5. The highest BCUT2D eigenvalue weighted by Crippen LogP contribution is 2.45. The summed E-state index contributed by atoms with van der Waals surface area (Å²) in [5.41, 5.74) is 3.94. The molecule has 3 aromatic carbocycles. The number of carboxylic acid groups (broad SMARTS) is 1. The first-order chi connectivity index (χ1) is 20.7. The lowest BCUT2D eigenvalue weighted by Crippen LogP contribution is -2.28. The summed E-state index contributed by atoms with van der Waals surface area (Å²) < 4.78 is 26.3. The Labute approximate surface area is 255 Å². The van der Waals surface area contributed by atoms with E-state index in [0.717, 1.165) is 10.9 Å². The van der Waals surface area contributed by atoms with Crippen LogP contribution >= 0.6 is 0 Å². The van der Waals surface area contributed by atoms with Crippen LogP contribution in [0.15, 0.2) is 76.6 Å². The Hall–Kier alpha value is -4.51. The quantitative estimate of drug-likeness (QED) is 0.248. The average Bonchev–Trinajstić information content (AvgIpc) is 2.95. The number of benzene rings is 3. The summed E-state index contributed by atoms with van der Waals surface area (Å²) in [6.07, 6.45) is 1.14. The van der Waals surface area contributed by atoms with Crippen molar-refractivity contribution >= 4 is 43.4 Å². The van der Waals surface area contributed by atoms with Crippen molar-refractivity contribution in [1.29, 1.82) is 0 Å². The van der Waals surface area contributed by atoms with E-state index in [9.17, 15) is 18.9 Å². The molecule has 226 valence electrons. The summed E-state index contributed by atoms with van der Waals surface area (Å²) in [5, 5.41) is 17.9. The van der Waals surface area contributed by atoms with Crippen molar-refractivity contribution in [2.75, 3.05) is 6.61 Å². The summed E-state index contributed by atoms with van der Waals surface area (Å²) in [5.74, 6) is 3.16. The summed E-state index contributed by atoms with van der Waals surface area (Å²) in [6, 6.07) is 17.2. The first-order valence-corrected chi connectivity index (χ1v) is 15.9. The Morgan fingerprint density at radius 3 is 2.64 bits per heavy atom. The molecule has 1 aliphatic heterocycles. The van der Waals surface area contributed by atoms with Gasteiger partial charge in [-0.25, -0.2) is 9.00 Å². The van der Waals surface area contributed by atoms with E-state index < -0.39 is 27.4 Å². The number of aromatic nitrogens is 2. The highest BCUT2D eigenvalue weighted by molar-refractivity contribution is 7.98. The molecule has 9 nitrogen and oxygen atoms in total. The molecule has 2 atom stereocenters. The molecule has 2 aromatic heterocycles. The fourth-order valence-electron chi connectivity index (χ4n) is 5.95. The first kappa shape index (κ1) is 29.6. The van der Waals surface area contributed by atoms with Crippen molar-refractivity contribution in [1.82, 2.24) is 9.55 Å². The minimum atomic E-state index is -3.05. The minimum Gasteiger partial charge on any atom is -0.493 e. The van der Waals surface area contributed by atoms with Crippen molar-refractivity contribution in [3.63, 3.8) is 0 Å². The van der Waals surface area contributed by atoms with Crippen molar-refractivity contribution < 1.29 is 23.6 Å². The maximum absolute atomic E-state index is 13.5. The standard InChI is InChI=1S/C34H33N3O6S/c1-19-17-25-23(10-12-27(38)37(25)21-7-6-8-22(18-21)44(5,35)41)30(28(19)32(33(39)40)43-34(2,3)4)24-9-11-26-29-20(14-16-42-26)13-15-36-31(24)29/h6-13,15,17-18,32H,5,14,16H2,1-4H3,(H2,35,41)(H,39,40). The third-order valence-electron chi connectivity index (χ3n) is 7.72. The SMILES string of the molecule is C=S(N)(=O)c1cccc(-n2c(=O)ccc3c(-c4ccc5c6c(ccnc46)CCO5)c(C(OC(C)(C)C)C(=O)O)c(C)cc32)c1. The minimum absolute atomic E-state index is 0.296. The first-order valence-electron chi connectivity index (χ1n) is 14.1. The number of rotatable bonds is 6. The predicted molar refractivity (Wildman–Crippen MR) is 173 cm³/mol. The molecule has 0 fully saturated rings. The van der Waals surface area contributed by atoms with Gasteiger partial charge in [0.15, 0.2) is 6.10 Å². The molecule has 0 aliphatic carbocycles. The van der Waals surface area contributed by atoms with E-state index >= 15 is 0 Å². The number of hydrogen-bond acceptors (Lipinski definition) is 6. The number of ether oxygens (including phenoxy) is 2. The lowest BCUT2D eigenvalue weighted by atomic mass is 9.86. The third kappa shape index (κ3) is 5.15. The molecule has 0 amide bonds. The van der Waals surface area contributed by atoms with Crippen LogP contribution in [-0.4, -0.2) is 42.9 Å². The second-order valence-corrected chi connectivity index (χ2v) is 13.9. The van der Waals surface area contributed by atoms with Crippen LogP contribution in [0.1, 0.15) is 43.6 Å². The molecule has 0 saturated carbocycles. The van der Waals surface area contributed by atoms with Gasteiger partial charge in [0.25, 0.3) is 5.56 Å². The number of pyridine rings is 2. The van der Waals surface area contributed by atoms with Crippen molar-refractivity contribution in [3.8, 4) is 22.6 Å². The average molecular weight is 612 g/mol. The molecule has 3 N–H and O–H groups in total. The Balaban J connectivity index is 1.78. The van der Waals surface area contributed by atoms with Crippen molar-refractivity contribution in [2.24, 2.45) is 5.14 Å². The van der Waals surface area contributed by atoms with Crippen LogP contribution in [0.2, 0.25) is 0 Å². The second-order valence-electron chi connectivity index (χ2n) is 12.0. The molecule has 5 aromatic rings. The van der Waals surface area contributed by atoms with E-state index in [1.54, 1.807) is 42.6 Å². The molecular weight excluding hydrogens is 578 g/mol. The Kier molecular flexibility index (Phi) is 7.11. The summed E-state index contributed by atoms with van der Waals surface area (Å²) in [7, 11) is -3.05. The molecule has 44 heavy (non-hydrogen) atoms. The number of hydrogen-bond donors (Lipinski definition) is 2. The highest BCUT2D eigenvalue weighted by atomic mass is 32.2. The van der Waals surface area contributed by atoms with E-state index in [0.29, 0.717) is 68.0 Å². The van der Waals surface area contributed by atoms with Gasteiger partial charge in [0.2, 0.25) is 0 Å². The predicted octanol–water partition coefficient (Wildman–Crippen LogP) is 5.34. The van der Waals surface area contributed by atoms with Gasteiger partial charge >= 0.3 is 5.97 Å². The normalized spacial score (nSPS) is 15.1. The van der Waals surface area contributed by atoms with Crippen LogP contribution < -0.4 is 15.4 Å². The van der Waals surface area contributed by atoms with Crippen molar-refractivity contribution in [2.45, 2.75) is 50.7 Å². The van der Waals surface area contributed by atoms with Gasteiger partial charge in [0, 0.05) is 45.5 Å². The fourth-order valence-corrected chi connectivity index (χ4v) is 6.58. The smallest absolute Gasteiger partial charge is 0.337 e. The zero-order valence-corrected chi connectivity index (χ0v) is 25.7. The van der Waals surface area contributed by atoms with Crippen LogP contribution in [-0.2, 0) is 25.7 Å². The lowest BCUT2D eigenvalue weighted by Gasteiger charge is -2.29. The topological polar surface area (TPSA) is 134 Å². The molecule has 3 heterocycles. The molecular formula is C34H33N3O6S. The van der Waals surface area contributed by atoms with Gasteiger partial charge in [-0.3, -0.25) is 19.5 Å². The van der Waals surface area contributed by atoms with E-state index in [1.807, 2.05) is 45.9 Å². The summed E-state index contributed by atoms with van der Waals surface area (Å²) >= 11 is 0. The number of aryl methyl sites for hydroxylation is 1. The van der Waals surface area contributed by atoms with Crippen LogP contribution in [0.3, 0.4) is 0 Å². The van der Waals surface area contributed by atoms with Crippen LogP contribution in [0.25, 0.3) is 38.6 Å². The number of nitrogens with two attached hydrogens (primary N) is 1. The number of fused-ring (bicyclic) bond motifs is 1. The third-order valence-corrected chi connectivity index (χ3v) is 8.77. The number of carbonyl (C=O) groups is 1. The fraction of sp³-hybridized carbons (Fsp3) is 0.235. The van der Waals surface area contributed by atoms with Gasteiger partial charge in [-0.2, -0.15) is 0 Å². The number of aliphatic carboxylic acids is 1. The van der Waals surface area contributed by atoms with Gasteiger partial charge in [-0.15, -0.1) is 0 Å². The summed E-state index contributed by atoms with van der Waals surface area (Å²) in [6.45, 7) is 7.79. The largest absolute Gasteiger partial charge is 0.493 e. The Morgan fingerprint density at radius 2 is 1.93 bits per heavy atom. The van der Waals surface area contributed by atoms with E-state index in [1.165, 1.54) is 10.6 Å². The number of nitrogens with zero attached hydrogens (tertiary/aromatic N) is 2. The van der Waals surface area contributed by atoms with Crippen molar-refractivity contribution in [3.05, 3.63) is 93.9 Å².